The zero-order chi connectivity index (χ0) is 12.0. The zero-order valence-corrected chi connectivity index (χ0v) is 9.13. The summed E-state index contributed by atoms with van der Waals surface area (Å²) < 4.78 is 30.3. The van der Waals surface area contributed by atoms with E-state index in [1.807, 2.05) is 6.92 Å². The molecule has 0 aliphatic rings. The van der Waals surface area contributed by atoms with E-state index >= 15 is 0 Å². The Morgan fingerprint density at radius 1 is 1.31 bits per heavy atom. The Kier molecular flexibility index (Phi) is 4.89. The molecule has 0 aromatic heterocycles. The normalized spacial score (nSPS) is 10.2. The molecule has 0 radical (unpaired) electrons. The van der Waals surface area contributed by atoms with Crippen molar-refractivity contribution >= 4 is 5.97 Å². The molecule has 1 aromatic rings. The molecule has 0 amide bonds. The van der Waals surface area contributed by atoms with Crippen molar-refractivity contribution in [1.29, 1.82) is 0 Å². The van der Waals surface area contributed by atoms with Crippen molar-refractivity contribution in [1.82, 2.24) is 0 Å². The van der Waals surface area contributed by atoms with Crippen molar-refractivity contribution < 1.29 is 18.3 Å². The molecule has 0 spiro atoms. The minimum atomic E-state index is -0.889. The Balaban J connectivity index is 2.42. The van der Waals surface area contributed by atoms with Crippen molar-refractivity contribution in [3.8, 4) is 0 Å². The highest BCUT2D eigenvalue weighted by Gasteiger charge is 2.06. The van der Waals surface area contributed by atoms with Gasteiger partial charge < -0.3 is 4.74 Å². The number of halogens is 2. The molecule has 88 valence electrons. The van der Waals surface area contributed by atoms with Gasteiger partial charge in [-0.25, -0.2) is 8.78 Å². The van der Waals surface area contributed by atoms with Crippen LogP contribution in [0, 0.1) is 11.6 Å². The number of hydrogen-bond acceptors (Lipinski definition) is 2. The van der Waals surface area contributed by atoms with Crippen LogP contribution in [0.2, 0.25) is 0 Å². The summed E-state index contributed by atoms with van der Waals surface area (Å²) in [5.74, 6) is -2.08. The smallest absolute Gasteiger partial charge is 0.306 e. The molecular formula is C12H14F2O2. The van der Waals surface area contributed by atoms with E-state index in [4.69, 9.17) is 4.74 Å². The van der Waals surface area contributed by atoms with E-state index in [0.29, 0.717) is 18.6 Å². The fourth-order valence-electron chi connectivity index (χ4n) is 1.23. The van der Waals surface area contributed by atoms with E-state index in [1.54, 1.807) is 0 Å². The lowest BCUT2D eigenvalue weighted by Gasteiger charge is -2.03. The fourth-order valence-corrected chi connectivity index (χ4v) is 1.23. The van der Waals surface area contributed by atoms with Gasteiger partial charge >= 0.3 is 5.97 Å². The van der Waals surface area contributed by atoms with E-state index in [0.717, 1.165) is 18.6 Å². The summed E-state index contributed by atoms with van der Waals surface area (Å²) in [7, 11) is 0. The molecule has 16 heavy (non-hydrogen) atoms. The Bertz CT molecular complexity index is 364. The van der Waals surface area contributed by atoms with Crippen LogP contribution in [-0.4, -0.2) is 12.6 Å². The topological polar surface area (TPSA) is 26.3 Å². The van der Waals surface area contributed by atoms with Crippen LogP contribution in [0.4, 0.5) is 8.78 Å². The van der Waals surface area contributed by atoms with Crippen molar-refractivity contribution in [2.24, 2.45) is 0 Å². The van der Waals surface area contributed by atoms with Gasteiger partial charge in [0.2, 0.25) is 0 Å². The summed E-state index contributed by atoms with van der Waals surface area (Å²) in [6.07, 6.45) is 1.32. The first kappa shape index (κ1) is 12.6. The lowest BCUT2D eigenvalue weighted by Crippen LogP contribution is -2.06. The third-order valence-electron chi connectivity index (χ3n) is 2.07. The lowest BCUT2D eigenvalue weighted by atomic mass is 10.1. The monoisotopic (exact) mass is 228 g/mol. The molecule has 0 aliphatic heterocycles. The first-order chi connectivity index (χ1) is 7.63. The van der Waals surface area contributed by atoms with Crippen LogP contribution in [-0.2, 0) is 16.0 Å². The number of carbonyl (C=O) groups is 1. The minimum Gasteiger partial charge on any atom is -0.466 e. The summed E-state index contributed by atoms with van der Waals surface area (Å²) in [6, 6.07) is 3.62. The van der Waals surface area contributed by atoms with Gasteiger partial charge in [0, 0.05) is 6.42 Å². The molecule has 0 saturated carbocycles. The van der Waals surface area contributed by atoms with Gasteiger partial charge in [0.05, 0.1) is 6.61 Å². The van der Waals surface area contributed by atoms with Crippen LogP contribution < -0.4 is 0 Å². The molecule has 0 unspecified atom stereocenters. The molecule has 1 aromatic carbocycles. The maximum absolute atomic E-state index is 12.8. The highest BCUT2D eigenvalue weighted by molar-refractivity contribution is 5.69. The molecule has 4 heteroatoms. The van der Waals surface area contributed by atoms with E-state index in [1.165, 1.54) is 6.07 Å². The number of ether oxygens (including phenoxy) is 1. The van der Waals surface area contributed by atoms with Gasteiger partial charge in [0.15, 0.2) is 11.6 Å². The Hall–Kier alpha value is -1.45. The largest absolute Gasteiger partial charge is 0.466 e. The standard InChI is InChI=1S/C12H14F2O2/c1-2-7-16-12(15)6-4-9-3-5-10(13)11(14)8-9/h3,5,8H,2,4,6-7H2,1H3. The molecule has 0 heterocycles. The van der Waals surface area contributed by atoms with Gasteiger partial charge in [0.1, 0.15) is 0 Å². The highest BCUT2D eigenvalue weighted by atomic mass is 19.2. The van der Waals surface area contributed by atoms with E-state index in [9.17, 15) is 13.6 Å². The van der Waals surface area contributed by atoms with Crippen LogP contribution >= 0.6 is 0 Å². The second-order valence-electron chi connectivity index (χ2n) is 3.47. The van der Waals surface area contributed by atoms with Gasteiger partial charge in [0.25, 0.3) is 0 Å². The predicted molar refractivity (Wildman–Crippen MR) is 55.9 cm³/mol. The molecule has 0 saturated heterocycles. The third-order valence-corrected chi connectivity index (χ3v) is 2.07. The summed E-state index contributed by atoms with van der Waals surface area (Å²) in [5.41, 5.74) is 0.590. The SMILES string of the molecule is CCCOC(=O)CCc1ccc(F)c(F)c1. The van der Waals surface area contributed by atoms with Crippen LogP contribution in [0.15, 0.2) is 18.2 Å². The highest BCUT2D eigenvalue weighted by Crippen LogP contribution is 2.10. The summed E-state index contributed by atoms with van der Waals surface area (Å²) in [4.78, 5) is 11.1. The minimum absolute atomic E-state index is 0.186. The van der Waals surface area contributed by atoms with Gasteiger partial charge in [-0.15, -0.1) is 0 Å². The first-order valence-corrected chi connectivity index (χ1v) is 5.23. The number of hydrogen-bond donors (Lipinski definition) is 0. The molecule has 0 fully saturated rings. The molecule has 0 atom stereocenters. The summed E-state index contributed by atoms with van der Waals surface area (Å²) in [5, 5.41) is 0. The Morgan fingerprint density at radius 3 is 2.69 bits per heavy atom. The number of aryl methyl sites for hydroxylation is 1. The van der Waals surface area contributed by atoms with Crippen LogP contribution in [0.3, 0.4) is 0 Å². The maximum atomic E-state index is 12.8. The summed E-state index contributed by atoms with van der Waals surface area (Å²) in [6.45, 7) is 2.30. The average molecular weight is 228 g/mol. The Morgan fingerprint density at radius 2 is 2.06 bits per heavy atom. The molecule has 1 rings (SSSR count). The zero-order valence-electron chi connectivity index (χ0n) is 9.13. The van der Waals surface area contributed by atoms with Gasteiger partial charge in [-0.1, -0.05) is 13.0 Å². The van der Waals surface area contributed by atoms with Crippen molar-refractivity contribution in [3.63, 3.8) is 0 Å². The molecular weight excluding hydrogens is 214 g/mol. The maximum Gasteiger partial charge on any atom is 0.306 e. The van der Waals surface area contributed by atoms with Gasteiger partial charge in [-0.2, -0.15) is 0 Å². The van der Waals surface area contributed by atoms with Crippen molar-refractivity contribution in [2.45, 2.75) is 26.2 Å². The quantitative estimate of drug-likeness (QED) is 0.724. The van der Waals surface area contributed by atoms with Crippen LogP contribution in [0.25, 0.3) is 0 Å². The van der Waals surface area contributed by atoms with Crippen molar-refractivity contribution in [2.75, 3.05) is 6.61 Å². The Labute approximate surface area is 93.2 Å². The lowest BCUT2D eigenvalue weighted by molar-refractivity contribution is -0.143. The molecule has 0 bridgehead atoms. The van der Waals surface area contributed by atoms with E-state index in [2.05, 4.69) is 0 Å². The molecule has 0 aliphatic carbocycles. The average Bonchev–Trinajstić information content (AvgIpc) is 2.28. The number of benzene rings is 1. The molecule has 0 N–H and O–H groups in total. The van der Waals surface area contributed by atoms with Crippen molar-refractivity contribution in [3.05, 3.63) is 35.4 Å². The van der Waals surface area contributed by atoms with Crippen LogP contribution in [0.5, 0.6) is 0 Å². The number of carbonyl (C=O) groups excluding carboxylic acids is 1. The number of esters is 1. The second-order valence-corrected chi connectivity index (χ2v) is 3.47. The van der Waals surface area contributed by atoms with E-state index in [-0.39, 0.29) is 12.4 Å². The van der Waals surface area contributed by atoms with Gasteiger partial charge in [-0.05, 0) is 30.5 Å². The third kappa shape index (κ3) is 3.96. The molecule has 2 nitrogen and oxygen atoms in total. The van der Waals surface area contributed by atoms with Gasteiger partial charge in [-0.3, -0.25) is 4.79 Å². The number of rotatable bonds is 5. The first-order valence-electron chi connectivity index (χ1n) is 5.23. The fraction of sp³-hybridized carbons (Fsp3) is 0.417. The van der Waals surface area contributed by atoms with Crippen LogP contribution in [0.1, 0.15) is 25.3 Å². The summed E-state index contributed by atoms with van der Waals surface area (Å²) >= 11 is 0. The van der Waals surface area contributed by atoms with E-state index < -0.39 is 11.6 Å². The predicted octanol–water partition coefficient (Wildman–Crippen LogP) is 2.85. The second kappa shape index (κ2) is 6.20.